The number of hydrogen-bond donors (Lipinski definition) is 1. The monoisotopic (exact) mass is 360 g/mol. The lowest BCUT2D eigenvalue weighted by Gasteiger charge is -2.22. The first-order valence-electron chi connectivity index (χ1n) is 9.03. The molecular weight excluding hydrogens is 336 g/mol. The van der Waals surface area contributed by atoms with Crippen LogP contribution in [0.25, 0.3) is 0 Å². The molecule has 5 heteroatoms. The zero-order valence-electron chi connectivity index (χ0n) is 16.2. The Hall–Kier alpha value is -3.21. The van der Waals surface area contributed by atoms with Gasteiger partial charge in [-0.1, -0.05) is 24.3 Å². The number of rotatable bonds is 5. The Morgan fingerprint density at radius 2 is 1.78 bits per heavy atom. The quantitative estimate of drug-likeness (QED) is 0.709. The van der Waals surface area contributed by atoms with Gasteiger partial charge in [0.1, 0.15) is 5.69 Å². The molecule has 1 N–H and O–H groups in total. The van der Waals surface area contributed by atoms with E-state index in [1.165, 1.54) is 11.8 Å². The van der Waals surface area contributed by atoms with Crippen molar-refractivity contribution in [2.45, 2.75) is 27.7 Å². The lowest BCUT2D eigenvalue weighted by atomic mass is 10.1. The van der Waals surface area contributed by atoms with E-state index in [0.717, 1.165) is 29.0 Å². The second-order valence-electron chi connectivity index (χ2n) is 6.62. The highest BCUT2D eigenvalue weighted by Gasteiger charge is 2.13. The molecule has 1 amide bonds. The molecule has 1 heterocycles. The molecule has 2 aromatic carbocycles. The molecule has 1 aromatic heterocycles. The molecule has 138 valence electrons. The second-order valence-corrected chi connectivity index (χ2v) is 6.62. The van der Waals surface area contributed by atoms with Gasteiger partial charge in [-0.3, -0.25) is 4.79 Å². The van der Waals surface area contributed by atoms with Crippen LogP contribution in [0.1, 0.15) is 34.1 Å². The van der Waals surface area contributed by atoms with Crippen molar-refractivity contribution in [1.82, 2.24) is 9.97 Å². The van der Waals surface area contributed by atoms with Gasteiger partial charge >= 0.3 is 0 Å². The summed E-state index contributed by atoms with van der Waals surface area (Å²) in [5.74, 6) is 0.452. The Morgan fingerprint density at radius 3 is 2.44 bits per heavy atom. The van der Waals surface area contributed by atoms with Crippen LogP contribution in [0.3, 0.4) is 0 Å². The van der Waals surface area contributed by atoms with E-state index in [1.807, 2.05) is 44.2 Å². The molecule has 0 atom stereocenters. The minimum absolute atomic E-state index is 0.263. The summed E-state index contributed by atoms with van der Waals surface area (Å²) in [7, 11) is 0. The fourth-order valence-corrected chi connectivity index (χ4v) is 2.91. The lowest BCUT2D eigenvalue weighted by Crippen LogP contribution is -2.19. The number of nitrogens with zero attached hydrogens (tertiary/aromatic N) is 3. The van der Waals surface area contributed by atoms with Crippen LogP contribution in [0.2, 0.25) is 0 Å². The molecule has 0 unspecified atom stereocenters. The van der Waals surface area contributed by atoms with E-state index >= 15 is 0 Å². The molecule has 27 heavy (non-hydrogen) atoms. The van der Waals surface area contributed by atoms with Gasteiger partial charge in [0, 0.05) is 17.9 Å². The Bertz CT molecular complexity index is 951. The maximum absolute atomic E-state index is 12.5. The van der Waals surface area contributed by atoms with Crippen LogP contribution in [-0.2, 0) is 0 Å². The fraction of sp³-hybridized carbons (Fsp3) is 0.227. The minimum Gasteiger partial charge on any atom is -0.325 e. The lowest BCUT2D eigenvalue weighted by molar-refractivity contribution is 0.102. The van der Waals surface area contributed by atoms with E-state index in [0.29, 0.717) is 11.5 Å². The Kier molecular flexibility index (Phi) is 5.50. The molecule has 0 aliphatic carbocycles. The Labute approximate surface area is 160 Å². The van der Waals surface area contributed by atoms with E-state index in [9.17, 15) is 4.79 Å². The van der Waals surface area contributed by atoms with Crippen molar-refractivity contribution in [3.05, 3.63) is 77.2 Å². The van der Waals surface area contributed by atoms with Gasteiger partial charge in [0.15, 0.2) is 5.82 Å². The molecule has 0 radical (unpaired) electrons. The number of hydrogen-bond acceptors (Lipinski definition) is 4. The second kappa shape index (κ2) is 7.99. The molecule has 0 fully saturated rings. The SMILES string of the molecule is CCN(c1cccc(C)c1)c1cnc(C(=O)Nc2cc(C)ccc2C)cn1. The van der Waals surface area contributed by atoms with Gasteiger partial charge in [0.25, 0.3) is 5.91 Å². The highest BCUT2D eigenvalue weighted by atomic mass is 16.1. The average Bonchev–Trinajstić information content (AvgIpc) is 2.66. The van der Waals surface area contributed by atoms with Gasteiger partial charge in [-0.05, 0) is 62.6 Å². The van der Waals surface area contributed by atoms with Crippen LogP contribution in [-0.4, -0.2) is 22.4 Å². The van der Waals surface area contributed by atoms with E-state index in [2.05, 4.69) is 46.2 Å². The van der Waals surface area contributed by atoms with Gasteiger partial charge in [0.2, 0.25) is 0 Å². The van der Waals surface area contributed by atoms with Gasteiger partial charge in [-0.15, -0.1) is 0 Å². The Balaban J connectivity index is 1.79. The molecular formula is C22H24N4O. The standard InChI is InChI=1S/C22H24N4O/c1-5-26(18-8-6-7-15(2)11-18)21-14-23-20(13-24-21)22(27)25-19-12-16(3)9-10-17(19)4/h6-14H,5H2,1-4H3,(H,25,27). The van der Waals surface area contributed by atoms with Crippen LogP contribution in [0.15, 0.2) is 54.9 Å². The number of amides is 1. The zero-order valence-corrected chi connectivity index (χ0v) is 16.2. The molecule has 3 rings (SSSR count). The topological polar surface area (TPSA) is 58.1 Å². The summed E-state index contributed by atoms with van der Waals surface area (Å²) in [6.45, 7) is 8.83. The van der Waals surface area contributed by atoms with E-state index in [-0.39, 0.29) is 5.91 Å². The first kappa shape index (κ1) is 18.6. The molecule has 0 saturated heterocycles. The number of nitrogens with one attached hydrogen (secondary N) is 1. The number of carbonyl (C=O) groups is 1. The third kappa shape index (κ3) is 4.31. The average molecular weight is 360 g/mol. The summed E-state index contributed by atoms with van der Waals surface area (Å²) in [6, 6.07) is 14.2. The van der Waals surface area contributed by atoms with Gasteiger partial charge < -0.3 is 10.2 Å². The molecule has 0 spiro atoms. The summed E-state index contributed by atoms with van der Waals surface area (Å²) < 4.78 is 0. The third-order valence-electron chi connectivity index (χ3n) is 4.42. The third-order valence-corrected chi connectivity index (χ3v) is 4.42. The van der Waals surface area contributed by atoms with Crippen molar-refractivity contribution in [1.29, 1.82) is 0 Å². The first-order chi connectivity index (χ1) is 13.0. The van der Waals surface area contributed by atoms with Crippen LogP contribution in [0.5, 0.6) is 0 Å². The molecule has 0 saturated carbocycles. The number of carbonyl (C=O) groups excluding carboxylic acids is 1. The van der Waals surface area contributed by atoms with E-state index in [4.69, 9.17) is 0 Å². The largest absolute Gasteiger partial charge is 0.325 e. The number of benzene rings is 2. The maximum Gasteiger partial charge on any atom is 0.275 e. The van der Waals surface area contributed by atoms with Crippen molar-refractivity contribution in [2.24, 2.45) is 0 Å². The number of anilines is 3. The van der Waals surface area contributed by atoms with Crippen LogP contribution >= 0.6 is 0 Å². The van der Waals surface area contributed by atoms with E-state index < -0.39 is 0 Å². The maximum atomic E-state index is 12.5. The van der Waals surface area contributed by atoms with Crippen molar-refractivity contribution in [3.63, 3.8) is 0 Å². The van der Waals surface area contributed by atoms with Crippen molar-refractivity contribution < 1.29 is 4.79 Å². The molecule has 3 aromatic rings. The van der Waals surface area contributed by atoms with Gasteiger partial charge in [-0.2, -0.15) is 0 Å². The van der Waals surface area contributed by atoms with E-state index in [1.54, 1.807) is 6.20 Å². The Morgan fingerprint density at radius 1 is 1.00 bits per heavy atom. The molecule has 0 aliphatic rings. The smallest absolute Gasteiger partial charge is 0.275 e. The van der Waals surface area contributed by atoms with Crippen LogP contribution in [0, 0.1) is 20.8 Å². The molecule has 0 aliphatic heterocycles. The minimum atomic E-state index is -0.263. The summed E-state index contributed by atoms with van der Waals surface area (Å²) in [5.41, 5.74) is 5.42. The van der Waals surface area contributed by atoms with Gasteiger partial charge in [0.05, 0.1) is 12.4 Å². The van der Waals surface area contributed by atoms with Crippen LogP contribution < -0.4 is 10.2 Å². The first-order valence-corrected chi connectivity index (χ1v) is 9.03. The summed E-state index contributed by atoms with van der Waals surface area (Å²) >= 11 is 0. The predicted molar refractivity (Wildman–Crippen MR) is 110 cm³/mol. The molecule has 5 nitrogen and oxygen atoms in total. The summed E-state index contributed by atoms with van der Waals surface area (Å²) in [4.78, 5) is 23.4. The number of aryl methyl sites for hydroxylation is 3. The highest BCUT2D eigenvalue weighted by Crippen LogP contribution is 2.23. The molecule has 0 bridgehead atoms. The summed E-state index contributed by atoms with van der Waals surface area (Å²) in [6.07, 6.45) is 3.16. The highest BCUT2D eigenvalue weighted by molar-refractivity contribution is 6.03. The normalized spacial score (nSPS) is 10.5. The van der Waals surface area contributed by atoms with Crippen molar-refractivity contribution in [2.75, 3.05) is 16.8 Å². The van der Waals surface area contributed by atoms with Crippen molar-refractivity contribution >= 4 is 23.1 Å². The fourth-order valence-electron chi connectivity index (χ4n) is 2.91. The number of aromatic nitrogens is 2. The van der Waals surface area contributed by atoms with Crippen LogP contribution in [0.4, 0.5) is 17.2 Å². The van der Waals surface area contributed by atoms with Crippen molar-refractivity contribution in [3.8, 4) is 0 Å². The summed E-state index contributed by atoms with van der Waals surface area (Å²) in [5, 5.41) is 2.91. The van der Waals surface area contributed by atoms with Gasteiger partial charge in [-0.25, -0.2) is 9.97 Å². The zero-order chi connectivity index (χ0) is 19.4. The predicted octanol–water partition coefficient (Wildman–Crippen LogP) is 4.81.